The monoisotopic (exact) mass is 589 g/mol. The first kappa shape index (κ1) is 37.6. The summed E-state index contributed by atoms with van der Waals surface area (Å²) in [5, 5.41) is 0. The molecule has 0 spiro atoms. The predicted molar refractivity (Wildman–Crippen MR) is 196 cm³/mol. The van der Waals surface area contributed by atoms with Crippen LogP contribution in [-0.4, -0.2) is 0 Å². The highest BCUT2D eigenvalue weighted by Gasteiger charge is 2.36. The molecule has 0 radical (unpaired) electrons. The van der Waals surface area contributed by atoms with Crippen molar-refractivity contribution in [2.75, 3.05) is 0 Å². The van der Waals surface area contributed by atoms with Crippen molar-refractivity contribution < 1.29 is 0 Å². The van der Waals surface area contributed by atoms with Gasteiger partial charge in [-0.15, -0.1) is 0 Å². The molecule has 0 saturated heterocycles. The molecule has 0 N–H and O–H groups in total. The smallest absolute Gasteiger partial charge is 0.0126 e. The third kappa shape index (κ3) is 8.79. The van der Waals surface area contributed by atoms with Gasteiger partial charge in [0.25, 0.3) is 0 Å². The molecule has 0 amide bonds. The van der Waals surface area contributed by atoms with E-state index in [9.17, 15) is 0 Å². The van der Waals surface area contributed by atoms with Gasteiger partial charge in [-0.3, -0.25) is 0 Å². The van der Waals surface area contributed by atoms with Gasteiger partial charge in [0.15, 0.2) is 0 Å². The van der Waals surface area contributed by atoms with Crippen molar-refractivity contribution in [3.8, 4) is 0 Å². The lowest BCUT2D eigenvalue weighted by Gasteiger charge is -2.40. The minimum Gasteiger partial charge on any atom is -0.0561 e. The summed E-state index contributed by atoms with van der Waals surface area (Å²) in [6, 6.07) is 7.69. The Hall–Kier alpha value is -1.56. The molecule has 0 nitrogen and oxygen atoms in total. The average Bonchev–Trinajstić information content (AvgIpc) is 2.73. The van der Waals surface area contributed by atoms with Crippen LogP contribution in [0.5, 0.6) is 0 Å². The summed E-state index contributed by atoms with van der Waals surface area (Å²) < 4.78 is 0. The third-order valence-electron chi connectivity index (χ3n) is 9.13. The fourth-order valence-electron chi connectivity index (χ4n) is 7.04. The van der Waals surface area contributed by atoms with E-state index in [1.165, 1.54) is 27.8 Å². The van der Waals surface area contributed by atoms with Crippen LogP contribution in [0.25, 0.3) is 0 Å². The largest absolute Gasteiger partial charge is 0.0561 e. The van der Waals surface area contributed by atoms with E-state index in [-0.39, 0.29) is 37.9 Å². The highest BCUT2D eigenvalue weighted by atomic mass is 14.4. The first-order valence-electron chi connectivity index (χ1n) is 17.2. The Morgan fingerprint density at radius 3 is 0.884 bits per heavy atom. The van der Waals surface area contributed by atoms with Crippen LogP contribution in [0, 0.1) is 0 Å². The van der Waals surface area contributed by atoms with Gasteiger partial charge in [0.1, 0.15) is 0 Å². The van der Waals surface area contributed by atoms with Crippen molar-refractivity contribution in [2.24, 2.45) is 0 Å². The minimum absolute atomic E-state index is 0.0653. The maximum absolute atomic E-state index is 2.60. The molecule has 0 atom stereocenters. The average molecular weight is 589 g/mol. The normalized spacial score (nSPS) is 14.4. The summed E-state index contributed by atoms with van der Waals surface area (Å²) in [6.45, 7) is 50.6. The van der Waals surface area contributed by atoms with E-state index in [0.717, 1.165) is 19.3 Å². The van der Waals surface area contributed by atoms with Gasteiger partial charge in [0.2, 0.25) is 0 Å². The number of benzene rings is 2. The van der Waals surface area contributed by atoms with Crippen LogP contribution in [0.1, 0.15) is 202 Å². The second kappa shape index (κ2) is 11.7. The van der Waals surface area contributed by atoms with E-state index in [1.807, 2.05) is 0 Å². The summed E-state index contributed by atoms with van der Waals surface area (Å²) >= 11 is 0. The number of hydrogen-bond acceptors (Lipinski definition) is 0. The van der Waals surface area contributed by atoms with Crippen LogP contribution in [-0.2, 0) is 50.7 Å². The Kier molecular flexibility index (Phi) is 10.2. The quantitative estimate of drug-likeness (QED) is 0.333. The minimum atomic E-state index is 0.0653. The standard InChI is InChI=1S/C43H72/c1-37(2,3)28-25-31(38(4,5)6)29(32(26-28)39(7,8)9)23-22-24-30-35(42(16,17)18)33(40(10,11)12)27-34(41(13,14)15)36(30)43(19,20)21/h25-27H,22-24H2,1-21H3. The molecule has 2 rings (SSSR count). The van der Waals surface area contributed by atoms with Crippen molar-refractivity contribution in [1.29, 1.82) is 0 Å². The first-order chi connectivity index (χ1) is 18.8. The summed E-state index contributed by atoms with van der Waals surface area (Å²) in [5.41, 5.74) is 14.6. The van der Waals surface area contributed by atoms with E-state index in [1.54, 1.807) is 22.3 Å². The lowest BCUT2D eigenvalue weighted by Crippen LogP contribution is -2.31. The maximum atomic E-state index is 2.60. The molecular formula is C43H72. The molecule has 244 valence electrons. The van der Waals surface area contributed by atoms with Gasteiger partial charge in [-0.2, -0.15) is 0 Å². The Bertz CT molecular complexity index is 1190. The number of hydrogen-bond donors (Lipinski definition) is 0. The van der Waals surface area contributed by atoms with E-state index in [4.69, 9.17) is 0 Å². The summed E-state index contributed by atoms with van der Waals surface area (Å²) in [7, 11) is 0. The molecule has 2 aromatic rings. The zero-order chi connectivity index (χ0) is 33.9. The van der Waals surface area contributed by atoms with Gasteiger partial charge in [-0.25, -0.2) is 0 Å². The molecule has 43 heavy (non-hydrogen) atoms. The predicted octanol–water partition coefficient (Wildman–Crippen LogP) is 12.9. The van der Waals surface area contributed by atoms with E-state index >= 15 is 0 Å². The third-order valence-corrected chi connectivity index (χ3v) is 9.13. The molecule has 0 aliphatic carbocycles. The van der Waals surface area contributed by atoms with Gasteiger partial charge in [-0.1, -0.05) is 164 Å². The van der Waals surface area contributed by atoms with Crippen LogP contribution in [0.3, 0.4) is 0 Å². The highest BCUT2D eigenvalue weighted by Crippen LogP contribution is 2.46. The molecule has 0 heterocycles. The van der Waals surface area contributed by atoms with Crippen LogP contribution < -0.4 is 0 Å². The van der Waals surface area contributed by atoms with Crippen LogP contribution in [0.15, 0.2) is 18.2 Å². The number of rotatable bonds is 4. The molecule has 2 aromatic carbocycles. The zero-order valence-electron chi connectivity index (χ0n) is 32.9. The molecule has 0 aromatic heterocycles. The maximum Gasteiger partial charge on any atom is -0.0126 e. The molecule has 0 aliphatic rings. The molecule has 0 bridgehead atoms. The molecular weight excluding hydrogens is 516 g/mol. The van der Waals surface area contributed by atoms with Crippen molar-refractivity contribution in [3.63, 3.8) is 0 Å². The fraction of sp³-hybridized carbons (Fsp3) is 0.721. The van der Waals surface area contributed by atoms with Crippen molar-refractivity contribution in [1.82, 2.24) is 0 Å². The lowest BCUT2D eigenvalue weighted by molar-refractivity contribution is 0.489. The summed E-state index contributed by atoms with van der Waals surface area (Å²) in [5.74, 6) is 0. The summed E-state index contributed by atoms with van der Waals surface area (Å²) in [6.07, 6.45) is 3.38. The SMILES string of the molecule is CC(C)(C)c1cc(C(C)(C)C)c(CCCc2c(C(C)(C)C)c(C(C)(C)C)cc(C(C)(C)C)c2C(C)(C)C)c(C(C)(C)C)c1. The molecule has 0 saturated carbocycles. The Morgan fingerprint density at radius 2 is 0.628 bits per heavy atom. The van der Waals surface area contributed by atoms with Crippen molar-refractivity contribution >= 4 is 0 Å². The topological polar surface area (TPSA) is 0 Å². The van der Waals surface area contributed by atoms with E-state index < -0.39 is 0 Å². The van der Waals surface area contributed by atoms with Gasteiger partial charge >= 0.3 is 0 Å². The van der Waals surface area contributed by atoms with Crippen molar-refractivity contribution in [2.45, 2.75) is 203 Å². The first-order valence-corrected chi connectivity index (χ1v) is 17.2. The van der Waals surface area contributed by atoms with E-state index in [0.29, 0.717) is 0 Å². The summed E-state index contributed by atoms with van der Waals surface area (Å²) in [4.78, 5) is 0. The molecule has 0 aliphatic heterocycles. The van der Waals surface area contributed by atoms with Crippen LogP contribution >= 0.6 is 0 Å². The van der Waals surface area contributed by atoms with Crippen LogP contribution in [0.4, 0.5) is 0 Å². The van der Waals surface area contributed by atoms with Gasteiger partial charge < -0.3 is 0 Å². The zero-order valence-corrected chi connectivity index (χ0v) is 32.9. The molecule has 0 unspecified atom stereocenters. The second-order valence-corrected chi connectivity index (χ2v) is 20.9. The van der Waals surface area contributed by atoms with E-state index in [2.05, 4.69) is 164 Å². The Balaban J connectivity index is 2.93. The fourth-order valence-corrected chi connectivity index (χ4v) is 7.04. The van der Waals surface area contributed by atoms with Crippen LogP contribution in [0.2, 0.25) is 0 Å². The van der Waals surface area contributed by atoms with Gasteiger partial charge in [0, 0.05) is 0 Å². The Morgan fingerprint density at radius 1 is 0.326 bits per heavy atom. The second-order valence-electron chi connectivity index (χ2n) is 20.9. The lowest BCUT2D eigenvalue weighted by atomic mass is 9.64. The van der Waals surface area contributed by atoms with Crippen molar-refractivity contribution in [3.05, 3.63) is 68.3 Å². The Labute approximate surface area is 270 Å². The van der Waals surface area contributed by atoms with Gasteiger partial charge in [-0.05, 0) is 107 Å². The molecule has 0 heteroatoms. The highest BCUT2D eigenvalue weighted by molar-refractivity contribution is 5.56. The van der Waals surface area contributed by atoms with Gasteiger partial charge in [0.05, 0.1) is 0 Å². The molecule has 0 fully saturated rings.